The number of thiophene rings is 1. The molecule has 0 saturated heterocycles. The Hall–Kier alpha value is -1.98. The smallest absolute Gasteiger partial charge is 0.303 e. The van der Waals surface area contributed by atoms with Crippen LogP contribution in [0.1, 0.15) is 43.4 Å². The summed E-state index contributed by atoms with van der Waals surface area (Å²) < 4.78 is 28.2. The monoisotopic (exact) mass is 638 g/mol. The molecule has 1 aromatic heterocycles. The number of carboxylic acids is 1. The summed E-state index contributed by atoms with van der Waals surface area (Å²) in [4.78, 5) is 10.9. The van der Waals surface area contributed by atoms with Gasteiger partial charge in [0.2, 0.25) is 0 Å². The molecule has 4 rings (SSSR count). The Labute approximate surface area is 256 Å². The lowest BCUT2D eigenvalue weighted by Gasteiger charge is -2.31. The van der Waals surface area contributed by atoms with Crippen molar-refractivity contribution in [2.75, 3.05) is 20.1 Å². The lowest BCUT2D eigenvalue weighted by Crippen LogP contribution is -2.47. The first-order chi connectivity index (χ1) is 19.2. The average Bonchev–Trinajstić information content (AvgIpc) is 3.49. The number of carbonyl (C=O) groups is 1. The van der Waals surface area contributed by atoms with Gasteiger partial charge in [-0.05, 0) is 74.3 Å². The summed E-state index contributed by atoms with van der Waals surface area (Å²) >= 11 is 13.8. The van der Waals surface area contributed by atoms with Crippen LogP contribution in [-0.2, 0) is 34.1 Å². The van der Waals surface area contributed by atoms with E-state index in [0.717, 1.165) is 40.5 Å². The Kier molecular flexibility index (Phi) is 10.2. The van der Waals surface area contributed by atoms with E-state index in [0.29, 0.717) is 28.5 Å². The van der Waals surface area contributed by atoms with E-state index in [1.165, 1.54) is 24.2 Å². The number of carboxylic acid groups (broad SMARTS) is 1. The summed E-state index contributed by atoms with van der Waals surface area (Å²) in [7, 11) is -2.47. The van der Waals surface area contributed by atoms with Crippen molar-refractivity contribution < 1.29 is 23.4 Å². The number of nitrogens with zero attached hydrogens (tertiary/aromatic N) is 1. The number of rotatable bonds is 13. The number of hydrogen-bond acceptors (Lipinski definition) is 6. The fraction of sp³-hybridized carbons (Fsp3) is 0.433. The van der Waals surface area contributed by atoms with Gasteiger partial charge in [0.25, 0.3) is 10.0 Å². The standard InChI is InChI=1S/C30H36Cl2N2O5S2/c1-30(2,16-20-12-21-6-4-5-7-22(21)13-20)33-17-23(35)18-34(3)41(38,39)28-15-25(29(32)40-28)24-10-8-19(14-26(24)31)9-11-27(36)37/h4-8,10,14-15,20,23,33,35H,9,11-13,16-18H2,1-3H3,(H,36,37). The fourth-order valence-electron chi connectivity index (χ4n) is 5.44. The molecule has 1 aliphatic carbocycles. The number of hydrogen-bond donors (Lipinski definition) is 3. The number of nitrogens with one attached hydrogen (secondary N) is 1. The molecule has 0 radical (unpaired) electrons. The fourth-order valence-corrected chi connectivity index (χ4v) is 8.91. The van der Waals surface area contributed by atoms with Crippen LogP contribution in [0.2, 0.25) is 9.36 Å². The second-order valence-corrected chi connectivity index (χ2v) is 15.7. The normalized spacial score (nSPS) is 14.9. The highest BCUT2D eigenvalue weighted by atomic mass is 35.5. The molecule has 222 valence electrons. The van der Waals surface area contributed by atoms with Gasteiger partial charge in [0.05, 0.1) is 6.10 Å². The molecule has 1 aliphatic rings. The number of sulfonamides is 1. The summed E-state index contributed by atoms with van der Waals surface area (Å²) in [6.45, 7) is 4.40. The minimum absolute atomic E-state index is 0.0161. The third-order valence-corrected chi connectivity index (χ3v) is 11.4. The zero-order valence-corrected chi connectivity index (χ0v) is 26.5. The highest BCUT2D eigenvalue weighted by molar-refractivity contribution is 7.91. The molecule has 0 spiro atoms. The van der Waals surface area contributed by atoms with Crippen molar-refractivity contribution in [3.63, 3.8) is 0 Å². The van der Waals surface area contributed by atoms with Crippen molar-refractivity contribution in [3.05, 3.63) is 74.6 Å². The van der Waals surface area contributed by atoms with Crippen LogP contribution in [0.4, 0.5) is 0 Å². The molecule has 1 heterocycles. The molecule has 0 aliphatic heterocycles. The van der Waals surface area contributed by atoms with Crippen LogP contribution >= 0.6 is 34.5 Å². The van der Waals surface area contributed by atoms with Gasteiger partial charge >= 0.3 is 5.97 Å². The maximum Gasteiger partial charge on any atom is 0.303 e. The lowest BCUT2D eigenvalue weighted by molar-refractivity contribution is -0.136. The average molecular weight is 640 g/mol. The molecule has 2 aromatic carbocycles. The minimum Gasteiger partial charge on any atom is -0.481 e. The van der Waals surface area contributed by atoms with Crippen molar-refractivity contribution in [2.45, 2.75) is 61.8 Å². The number of β-amino-alcohol motifs (C(OH)–C–C–N with tert-alkyl or cyclic N) is 1. The van der Waals surface area contributed by atoms with E-state index >= 15 is 0 Å². The summed E-state index contributed by atoms with van der Waals surface area (Å²) in [5, 5.41) is 23.4. The Balaban J connectivity index is 1.35. The first-order valence-corrected chi connectivity index (χ1v) is 16.5. The molecule has 3 N–H and O–H groups in total. The van der Waals surface area contributed by atoms with Crippen LogP contribution in [-0.4, -0.2) is 60.7 Å². The van der Waals surface area contributed by atoms with Crippen LogP contribution in [0.5, 0.6) is 0 Å². The Bertz CT molecular complexity index is 1480. The van der Waals surface area contributed by atoms with Gasteiger partial charge in [-0.1, -0.05) is 59.6 Å². The van der Waals surface area contributed by atoms with Crippen LogP contribution < -0.4 is 5.32 Å². The Morgan fingerprint density at radius 2 is 1.78 bits per heavy atom. The third kappa shape index (κ3) is 8.10. The summed E-state index contributed by atoms with van der Waals surface area (Å²) in [5.41, 5.74) is 4.41. The second kappa shape index (κ2) is 13.1. The van der Waals surface area contributed by atoms with E-state index in [9.17, 15) is 18.3 Å². The maximum absolute atomic E-state index is 13.3. The van der Waals surface area contributed by atoms with E-state index in [1.54, 1.807) is 18.2 Å². The van der Waals surface area contributed by atoms with E-state index < -0.39 is 22.1 Å². The number of halogens is 2. The molecule has 0 amide bonds. The number of aliphatic hydroxyl groups excluding tert-OH is 1. The zero-order valence-electron chi connectivity index (χ0n) is 23.4. The van der Waals surface area contributed by atoms with E-state index in [1.807, 2.05) is 0 Å². The van der Waals surface area contributed by atoms with Crippen LogP contribution in [0.3, 0.4) is 0 Å². The van der Waals surface area contributed by atoms with Gasteiger partial charge in [0, 0.05) is 48.2 Å². The van der Waals surface area contributed by atoms with E-state index in [-0.39, 0.29) is 33.6 Å². The van der Waals surface area contributed by atoms with Gasteiger partial charge in [0.1, 0.15) is 8.55 Å². The van der Waals surface area contributed by atoms with Crippen molar-refractivity contribution in [1.29, 1.82) is 0 Å². The Morgan fingerprint density at radius 3 is 2.39 bits per heavy atom. The van der Waals surface area contributed by atoms with Gasteiger partial charge in [-0.3, -0.25) is 4.79 Å². The molecule has 1 unspecified atom stereocenters. The maximum atomic E-state index is 13.3. The van der Waals surface area contributed by atoms with Gasteiger partial charge in [-0.2, -0.15) is 4.31 Å². The number of benzene rings is 2. The summed E-state index contributed by atoms with van der Waals surface area (Å²) in [5.74, 6) is -0.368. The minimum atomic E-state index is -3.91. The molecule has 1 atom stereocenters. The number of aliphatic hydroxyl groups is 1. The second-order valence-electron chi connectivity index (χ2n) is 11.4. The molecular weight excluding hydrogens is 603 g/mol. The number of likely N-dealkylation sites (N-methyl/N-ethyl adjacent to an activating group) is 1. The topological polar surface area (TPSA) is 107 Å². The molecule has 0 bridgehead atoms. The molecule has 7 nitrogen and oxygen atoms in total. The zero-order chi connectivity index (χ0) is 29.9. The first-order valence-electron chi connectivity index (χ1n) is 13.5. The Morgan fingerprint density at radius 1 is 1.12 bits per heavy atom. The first kappa shape index (κ1) is 31.9. The van der Waals surface area contributed by atoms with Crippen LogP contribution in [0, 0.1) is 5.92 Å². The molecule has 3 aromatic rings. The number of fused-ring (bicyclic) bond motifs is 1. The molecule has 11 heteroatoms. The largest absolute Gasteiger partial charge is 0.481 e. The van der Waals surface area contributed by atoms with Crippen molar-refractivity contribution in [2.24, 2.45) is 5.92 Å². The van der Waals surface area contributed by atoms with Gasteiger partial charge < -0.3 is 15.5 Å². The molecular formula is C30H36Cl2N2O5S2. The van der Waals surface area contributed by atoms with E-state index in [4.69, 9.17) is 28.3 Å². The number of aliphatic carboxylic acids is 1. The summed E-state index contributed by atoms with van der Waals surface area (Å²) in [6, 6.07) is 15.2. The van der Waals surface area contributed by atoms with Crippen LogP contribution in [0.15, 0.2) is 52.7 Å². The van der Waals surface area contributed by atoms with Crippen molar-refractivity contribution in [1.82, 2.24) is 9.62 Å². The quantitative estimate of drug-likeness (QED) is 0.215. The highest BCUT2D eigenvalue weighted by Crippen LogP contribution is 2.41. The highest BCUT2D eigenvalue weighted by Gasteiger charge is 2.30. The third-order valence-electron chi connectivity index (χ3n) is 7.50. The summed E-state index contributed by atoms with van der Waals surface area (Å²) in [6.07, 6.45) is 2.46. The van der Waals surface area contributed by atoms with Crippen molar-refractivity contribution in [3.8, 4) is 11.1 Å². The molecule has 0 saturated carbocycles. The predicted molar refractivity (Wildman–Crippen MR) is 166 cm³/mol. The van der Waals surface area contributed by atoms with Gasteiger partial charge in [-0.25, -0.2) is 8.42 Å². The predicted octanol–water partition coefficient (Wildman–Crippen LogP) is 5.89. The van der Waals surface area contributed by atoms with E-state index in [2.05, 4.69) is 43.4 Å². The SMILES string of the molecule is CN(CC(O)CNC(C)(C)CC1Cc2ccccc2C1)S(=O)(=O)c1cc(-c2ccc(CCC(=O)O)cc2Cl)c(Cl)s1. The van der Waals surface area contributed by atoms with Crippen molar-refractivity contribution >= 4 is 50.5 Å². The molecule has 41 heavy (non-hydrogen) atoms. The van der Waals surface area contributed by atoms with Crippen LogP contribution in [0.25, 0.3) is 11.1 Å². The van der Waals surface area contributed by atoms with Gasteiger partial charge in [-0.15, -0.1) is 11.3 Å². The molecule has 0 fully saturated rings. The number of aryl methyl sites for hydroxylation is 1. The lowest BCUT2D eigenvalue weighted by atomic mass is 9.88. The van der Waals surface area contributed by atoms with Gasteiger partial charge in [0.15, 0.2) is 0 Å².